The topological polar surface area (TPSA) is 107 Å². The molecule has 4 atom stereocenters. The van der Waals surface area contributed by atoms with Crippen LogP contribution in [0.5, 0.6) is 5.75 Å². The van der Waals surface area contributed by atoms with Crippen molar-refractivity contribution in [2.75, 3.05) is 0 Å². The third-order valence-corrected chi connectivity index (χ3v) is 3.49. The fourth-order valence-electron chi connectivity index (χ4n) is 2.22. The molecule has 1 aliphatic rings. The highest BCUT2D eigenvalue weighted by Gasteiger charge is 2.45. The van der Waals surface area contributed by atoms with E-state index in [1.165, 1.54) is 6.92 Å². The summed E-state index contributed by atoms with van der Waals surface area (Å²) in [6.45, 7) is 1.32. The molecule has 1 aromatic carbocycles. The Morgan fingerprint density at radius 1 is 1.30 bits per heavy atom. The van der Waals surface area contributed by atoms with Crippen molar-refractivity contribution in [2.24, 2.45) is 5.92 Å². The van der Waals surface area contributed by atoms with Gasteiger partial charge in [0.25, 0.3) is 0 Å². The van der Waals surface area contributed by atoms with Crippen LogP contribution in [0.1, 0.15) is 24.8 Å². The number of hydrogen-bond acceptors (Lipinski definition) is 4. The third kappa shape index (κ3) is 3.08. The SMILES string of the molecule is CC(O)C(NC(=O)C1CC1c1ccc(O)cc1)C(=O)O. The average Bonchev–Trinajstić information content (AvgIpc) is 3.16. The van der Waals surface area contributed by atoms with Crippen LogP contribution in [-0.2, 0) is 9.59 Å². The highest BCUT2D eigenvalue weighted by molar-refractivity contribution is 5.87. The normalized spacial score (nSPS) is 23.7. The maximum atomic E-state index is 11.9. The van der Waals surface area contributed by atoms with E-state index in [4.69, 9.17) is 5.11 Å². The van der Waals surface area contributed by atoms with E-state index < -0.39 is 18.1 Å². The number of aromatic hydroxyl groups is 1. The number of nitrogens with one attached hydrogen (secondary N) is 1. The van der Waals surface area contributed by atoms with E-state index in [2.05, 4.69) is 5.32 Å². The number of phenolic OH excluding ortho intramolecular Hbond substituents is 1. The number of aliphatic hydroxyl groups is 1. The highest BCUT2D eigenvalue weighted by Crippen LogP contribution is 2.47. The molecule has 108 valence electrons. The number of carbonyl (C=O) groups excluding carboxylic acids is 1. The van der Waals surface area contributed by atoms with Gasteiger partial charge in [-0.05, 0) is 37.0 Å². The zero-order chi connectivity index (χ0) is 14.9. The van der Waals surface area contributed by atoms with Crippen LogP contribution in [0.3, 0.4) is 0 Å². The van der Waals surface area contributed by atoms with Gasteiger partial charge in [-0.2, -0.15) is 0 Å². The van der Waals surface area contributed by atoms with Crippen molar-refractivity contribution in [3.8, 4) is 5.75 Å². The number of hydrogen-bond donors (Lipinski definition) is 4. The zero-order valence-corrected chi connectivity index (χ0v) is 11.0. The predicted molar refractivity (Wildman–Crippen MR) is 70.2 cm³/mol. The summed E-state index contributed by atoms with van der Waals surface area (Å²) in [6.07, 6.45) is -0.509. The van der Waals surface area contributed by atoms with Gasteiger partial charge in [0.1, 0.15) is 5.75 Å². The van der Waals surface area contributed by atoms with Gasteiger partial charge in [-0.1, -0.05) is 12.1 Å². The van der Waals surface area contributed by atoms with E-state index in [1.807, 2.05) is 0 Å². The molecule has 6 heteroatoms. The first-order valence-corrected chi connectivity index (χ1v) is 6.40. The molecule has 1 aliphatic carbocycles. The number of amides is 1. The summed E-state index contributed by atoms with van der Waals surface area (Å²) < 4.78 is 0. The number of carboxylic acids is 1. The molecule has 0 heterocycles. The molecule has 0 saturated heterocycles. The molecule has 0 bridgehead atoms. The Bertz CT molecular complexity index is 511. The number of carboxylic acid groups (broad SMARTS) is 1. The molecule has 0 aliphatic heterocycles. The summed E-state index contributed by atoms with van der Waals surface area (Å²) in [5, 5.41) is 29.8. The fraction of sp³-hybridized carbons (Fsp3) is 0.429. The quantitative estimate of drug-likeness (QED) is 0.626. The van der Waals surface area contributed by atoms with Gasteiger partial charge in [0.05, 0.1) is 6.10 Å². The van der Waals surface area contributed by atoms with Crippen LogP contribution in [0.15, 0.2) is 24.3 Å². The summed E-state index contributed by atoms with van der Waals surface area (Å²) >= 11 is 0. The van der Waals surface area contributed by atoms with Crippen molar-refractivity contribution in [3.63, 3.8) is 0 Å². The first kappa shape index (κ1) is 14.3. The molecule has 20 heavy (non-hydrogen) atoms. The molecule has 4 N–H and O–H groups in total. The van der Waals surface area contributed by atoms with Crippen LogP contribution in [0.2, 0.25) is 0 Å². The van der Waals surface area contributed by atoms with Crippen molar-refractivity contribution in [1.82, 2.24) is 5.32 Å². The minimum atomic E-state index is -1.29. The number of rotatable bonds is 5. The van der Waals surface area contributed by atoms with Crippen LogP contribution in [0.4, 0.5) is 0 Å². The van der Waals surface area contributed by atoms with Crippen LogP contribution >= 0.6 is 0 Å². The monoisotopic (exact) mass is 279 g/mol. The number of benzene rings is 1. The van der Waals surface area contributed by atoms with Crippen LogP contribution in [0.25, 0.3) is 0 Å². The van der Waals surface area contributed by atoms with Crippen molar-refractivity contribution in [3.05, 3.63) is 29.8 Å². The molecule has 2 rings (SSSR count). The first-order valence-electron chi connectivity index (χ1n) is 6.40. The lowest BCUT2D eigenvalue weighted by molar-refractivity contribution is -0.145. The standard InChI is InChI=1S/C14H17NO5/c1-7(16)12(14(19)20)15-13(18)11-6-10(11)8-2-4-9(17)5-3-8/h2-5,7,10-12,16-17H,6H2,1H3,(H,15,18)(H,19,20). The second-order valence-corrected chi connectivity index (χ2v) is 5.11. The van der Waals surface area contributed by atoms with Gasteiger partial charge in [0.15, 0.2) is 6.04 Å². The van der Waals surface area contributed by atoms with E-state index in [-0.39, 0.29) is 23.5 Å². The van der Waals surface area contributed by atoms with Crippen LogP contribution < -0.4 is 5.32 Å². The Kier molecular flexibility index (Phi) is 3.94. The lowest BCUT2D eigenvalue weighted by atomic mass is 10.1. The molecule has 0 radical (unpaired) electrons. The molecule has 1 saturated carbocycles. The second kappa shape index (κ2) is 5.50. The van der Waals surface area contributed by atoms with Gasteiger partial charge >= 0.3 is 5.97 Å². The Labute approximate surface area is 116 Å². The highest BCUT2D eigenvalue weighted by atomic mass is 16.4. The van der Waals surface area contributed by atoms with E-state index in [9.17, 15) is 19.8 Å². The Balaban J connectivity index is 1.96. The number of aliphatic hydroxyl groups excluding tert-OH is 1. The van der Waals surface area contributed by atoms with E-state index in [0.717, 1.165) is 5.56 Å². The molecule has 1 amide bonds. The van der Waals surface area contributed by atoms with E-state index >= 15 is 0 Å². The summed E-state index contributed by atoms with van der Waals surface area (Å²) in [5.74, 6) is -1.69. The smallest absolute Gasteiger partial charge is 0.328 e. The molecule has 1 fully saturated rings. The molecule has 4 unspecified atom stereocenters. The lowest BCUT2D eigenvalue weighted by Gasteiger charge is -2.17. The molecule has 1 aromatic rings. The molecule has 0 spiro atoms. The molecular weight excluding hydrogens is 262 g/mol. The van der Waals surface area contributed by atoms with Gasteiger partial charge in [-0.3, -0.25) is 4.79 Å². The van der Waals surface area contributed by atoms with Gasteiger partial charge in [-0.15, -0.1) is 0 Å². The summed E-state index contributed by atoms with van der Waals surface area (Å²) in [5.41, 5.74) is 0.937. The fourth-order valence-corrected chi connectivity index (χ4v) is 2.22. The van der Waals surface area contributed by atoms with E-state index in [0.29, 0.717) is 6.42 Å². The number of phenols is 1. The van der Waals surface area contributed by atoms with Crippen LogP contribution in [0, 0.1) is 5.92 Å². The first-order chi connectivity index (χ1) is 9.40. The van der Waals surface area contributed by atoms with Crippen LogP contribution in [-0.4, -0.2) is 39.3 Å². The second-order valence-electron chi connectivity index (χ2n) is 5.11. The average molecular weight is 279 g/mol. The Morgan fingerprint density at radius 2 is 1.90 bits per heavy atom. The van der Waals surface area contributed by atoms with Crippen molar-refractivity contribution in [1.29, 1.82) is 0 Å². The van der Waals surface area contributed by atoms with Gasteiger partial charge in [0.2, 0.25) is 5.91 Å². The van der Waals surface area contributed by atoms with E-state index in [1.54, 1.807) is 24.3 Å². The number of aliphatic carboxylic acids is 1. The summed E-state index contributed by atoms with van der Waals surface area (Å²) in [7, 11) is 0. The van der Waals surface area contributed by atoms with Crippen molar-refractivity contribution in [2.45, 2.75) is 31.4 Å². The van der Waals surface area contributed by atoms with Gasteiger partial charge in [-0.25, -0.2) is 4.79 Å². The number of carbonyl (C=O) groups is 2. The lowest BCUT2D eigenvalue weighted by Crippen LogP contribution is -2.48. The zero-order valence-electron chi connectivity index (χ0n) is 11.0. The van der Waals surface area contributed by atoms with Crippen molar-refractivity contribution >= 4 is 11.9 Å². The van der Waals surface area contributed by atoms with Gasteiger partial charge < -0.3 is 20.6 Å². The Hall–Kier alpha value is -2.08. The van der Waals surface area contributed by atoms with Crippen molar-refractivity contribution < 1.29 is 24.9 Å². The molecule has 0 aromatic heterocycles. The minimum absolute atomic E-state index is 0.0408. The predicted octanol–water partition coefficient (Wildman–Crippen LogP) is 0.446. The molecule has 6 nitrogen and oxygen atoms in total. The maximum absolute atomic E-state index is 11.9. The largest absolute Gasteiger partial charge is 0.508 e. The van der Waals surface area contributed by atoms with Gasteiger partial charge in [0, 0.05) is 5.92 Å². The molecular formula is C14H17NO5. The third-order valence-electron chi connectivity index (χ3n) is 3.49. The Morgan fingerprint density at radius 3 is 2.40 bits per heavy atom. The minimum Gasteiger partial charge on any atom is -0.508 e. The maximum Gasteiger partial charge on any atom is 0.328 e. The summed E-state index contributed by atoms with van der Waals surface area (Å²) in [4.78, 5) is 22.8. The summed E-state index contributed by atoms with van der Waals surface area (Å²) in [6, 6.07) is 5.31.